The topological polar surface area (TPSA) is 50.1 Å². The molecule has 1 fully saturated rings. The van der Waals surface area contributed by atoms with Gasteiger partial charge in [0.25, 0.3) is 0 Å². The molecule has 35 heavy (non-hydrogen) atoms. The molecular weight excluding hydrogens is 432 g/mol. The maximum atomic E-state index is 4.56. The highest BCUT2D eigenvalue weighted by Gasteiger charge is 2.31. The van der Waals surface area contributed by atoms with Crippen LogP contribution in [0.2, 0.25) is 0 Å². The highest BCUT2D eigenvalue weighted by atomic mass is 15.6. The van der Waals surface area contributed by atoms with Crippen molar-refractivity contribution < 1.29 is 0 Å². The molecule has 0 N–H and O–H groups in total. The molecular formula is C29H32N6. The minimum absolute atomic E-state index is 0.00721. The lowest BCUT2D eigenvalue weighted by atomic mass is 10.0. The highest BCUT2D eigenvalue weighted by Crippen LogP contribution is 2.30. The summed E-state index contributed by atoms with van der Waals surface area (Å²) in [6.07, 6.45) is 4.47. The summed E-state index contributed by atoms with van der Waals surface area (Å²) in [5, 5.41) is 13.1. The quantitative estimate of drug-likeness (QED) is 0.397. The van der Waals surface area contributed by atoms with Gasteiger partial charge in [-0.15, -0.1) is 5.10 Å². The summed E-state index contributed by atoms with van der Waals surface area (Å²) in [5.41, 5.74) is 5.86. The zero-order valence-corrected chi connectivity index (χ0v) is 20.5. The Morgan fingerprint density at radius 1 is 0.800 bits per heavy atom. The van der Waals surface area contributed by atoms with Crippen molar-refractivity contribution in [2.75, 3.05) is 32.7 Å². The van der Waals surface area contributed by atoms with E-state index in [1.54, 1.807) is 0 Å². The Hall–Kier alpha value is -3.61. The van der Waals surface area contributed by atoms with Crippen LogP contribution in [-0.2, 0) is 0 Å². The van der Waals surface area contributed by atoms with Gasteiger partial charge in [0.05, 0.1) is 11.7 Å². The molecule has 0 radical (unpaired) electrons. The Morgan fingerprint density at radius 2 is 1.46 bits per heavy atom. The molecule has 0 amide bonds. The molecule has 5 rings (SSSR count). The van der Waals surface area contributed by atoms with E-state index in [9.17, 15) is 0 Å². The number of hydrogen-bond donors (Lipinski definition) is 0. The van der Waals surface area contributed by atoms with Crippen LogP contribution in [-0.4, -0.2) is 62.7 Å². The molecule has 0 aliphatic carbocycles. The molecule has 0 saturated carbocycles. The van der Waals surface area contributed by atoms with E-state index in [1.165, 1.54) is 22.3 Å². The second kappa shape index (κ2) is 10.8. The standard InChI is InChI=1S/C29H32N6/c1-23-11-9-12-24(2)27(23)35-29(30-31-32-35)28(26-16-7-4-8-17-26)34-21-19-33(20-22-34)18-10-15-25-13-5-3-6-14-25/h3-17,28H,18-22H2,1-2H3/t28-/m0/s1. The van der Waals surface area contributed by atoms with Crippen LogP contribution in [0.4, 0.5) is 0 Å². The number of aryl methyl sites for hydroxylation is 2. The van der Waals surface area contributed by atoms with Crippen LogP contribution in [0.5, 0.6) is 0 Å². The van der Waals surface area contributed by atoms with Crippen molar-refractivity contribution in [3.8, 4) is 5.69 Å². The molecule has 6 heteroatoms. The lowest BCUT2D eigenvalue weighted by molar-refractivity contribution is 0.113. The monoisotopic (exact) mass is 464 g/mol. The van der Waals surface area contributed by atoms with E-state index in [-0.39, 0.29) is 6.04 Å². The van der Waals surface area contributed by atoms with Crippen LogP contribution in [0, 0.1) is 13.8 Å². The van der Waals surface area contributed by atoms with E-state index in [0.29, 0.717) is 0 Å². The molecule has 1 aromatic heterocycles. The molecule has 1 aliphatic rings. The zero-order chi connectivity index (χ0) is 24.0. The molecule has 178 valence electrons. The second-order valence-corrected chi connectivity index (χ2v) is 9.15. The van der Waals surface area contributed by atoms with E-state index < -0.39 is 0 Å². The fourth-order valence-corrected chi connectivity index (χ4v) is 4.93. The first-order valence-corrected chi connectivity index (χ1v) is 12.3. The summed E-state index contributed by atoms with van der Waals surface area (Å²) in [7, 11) is 0. The first kappa shape index (κ1) is 23.1. The molecule has 0 unspecified atom stereocenters. The predicted octanol–water partition coefficient (Wildman–Crippen LogP) is 4.70. The third-order valence-corrected chi connectivity index (χ3v) is 6.75. The van der Waals surface area contributed by atoms with E-state index >= 15 is 0 Å². The van der Waals surface area contributed by atoms with Crippen molar-refractivity contribution in [2.24, 2.45) is 0 Å². The van der Waals surface area contributed by atoms with Gasteiger partial charge in [-0.1, -0.05) is 91.0 Å². The Balaban J connectivity index is 1.37. The normalized spacial score (nSPS) is 16.1. The van der Waals surface area contributed by atoms with Crippen molar-refractivity contribution in [2.45, 2.75) is 19.9 Å². The van der Waals surface area contributed by atoms with E-state index in [4.69, 9.17) is 0 Å². The summed E-state index contributed by atoms with van der Waals surface area (Å²) in [4.78, 5) is 5.02. The maximum absolute atomic E-state index is 4.56. The molecule has 2 heterocycles. The van der Waals surface area contributed by atoms with Crippen LogP contribution in [0.1, 0.15) is 34.1 Å². The summed E-state index contributed by atoms with van der Waals surface area (Å²) >= 11 is 0. The molecule has 6 nitrogen and oxygen atoms in total. The molecule has 3 aromatic carbocycles. The van der Waals surface area contributed by atoms with Crippen molar-refractivity contribution >= 4 is 6.08 Å². The Labute approximate surface area is 207 Å². The van der Waals surface area contributed by atoms with Gasteiger partial charge in [-0.25, -0.2) is 0 Å². The molecule has 0 spiro atoms. The first-order valence-electron chi connectivity index (χ1n) is 12.3. The Morgan fingerprint density at radius 3 is 2.14 bits per heavy atom. The molecule has 1 aliphatic heterocycles. The fraction of sp³-hybridized carbons (Fsp3) is 0.276. The number of aromatic nitrogens is 4. The third kappa shape index (κ3) is 5.24. The first-order chi connectivity index (χ1) is 17.2. The molecule has 1 atom stereocenters. The second-order valence-electron chi connectivity index (χ2n) is 9.15. The van der Waals surface area contributed by atoms with Gasteiger partial charge in [0.2, 0.25) is 0 Å². The van der Waals surface area contributed by atoms with Crippen LogP contribution in [0.3, 0.4) is 0 Å². The lowest BCUT2D eigenvalue weighted by Gasteiger charge is -2.38. The number of piperazine rings is 1. The van der Waals surface area contributed by atoms with E-state index in [2.05, 4.69) is 130 Å². The summed E-state index contributed by atoms with van der Waals surface area (Å²) < 4.78 is 1.94. The van der Waals surface area contributed by atoms with Gasteiger partial charge >= 0.3 is 0 Å². The minimum atomic E-state index is -0.00721. The third-order valence-electron chi connectivity index (χ3n) is 6.75. The average molecular weight is 465 g/mol. The van der Waals surface area contributed by atoms with Crippen LogP contribution >= 0.6 is 0 Å². The van der Waals surface area contributed by atoms with E-state index in [0.717, 1.165) is 44.2 Å². The van der Waals surface area contributed by atoms with Gasteiger partial charge in [0, 0.05) is 32.7 Å². The van der Waals surface area contributed by atoms with Gasteiger partial charge in [0.15, 0.2) is 5.82 Å². The predicted molar refractivity (Wildman–Crippen MR) is 140 cm³/mol. The number of para-hydroxylation sites is 1. The number of nitrogens with zero attached hydrogens (tertiary/aromatic N) is 6. The van der Waals surface area contributed by atoms with Gasteiger partial charge in [-0.2, -0.15) is 4.68 Å². The number of tetrazole rings is 1. The van der Waals surface area contributed by atoms with Crippen molar-refractivity contribution in [1.29, 1.82) is 0 Å². The lowest BCUT2D eigenvalue weighted by Crippen LogP contribution is -2.48. The van der Waals surface area contributed by atoms with Crippen molar-refractivity contribution in [3.63, 3.8) is 0 Å². The molecule has 1 saturated heterocycles. The average Bonchev–Trinajstić information content (AvgIpc) is 3.35. The van der Waals surface area contributed by atoms with Gasteiger partial charge in [0.1, 0.15) is 0 Å². The SMILES string of the molecule is Cc1cccc(C)c1-n1nnnc1[C@H](c1ccccc1)N1CCN(CC=Cc2ccccc2)CC1. The van der Waals surface area contributed by atoms with Gasteiger partial charge in [-0.05, 0) is 46.5 Å². The smallest absolute Gasteiger partial charge is 0.178 e. The summed E-state index contributed by atoms with van der Waals surface area (Å²) in [6, 6.07) is 27.4. The maximum Gasteiger partial charge on any atom is 0.178 e. The van der Waals surface area contributed by atoms with Gasteiger partial charge < -0.3 is 0 Å². The van der Waals surface area contributed by atoms with E-state index in [1.807, 2.05) is 4.68 Å². The summed E-state index contributed by atoms with van der Waals surface area (Å²) in [5.74, 6) is 0.867. The number of benzene rings is 3. The number of rotatable bonds is 7. The molecule has 0 bridgehead atoms. The Bertz CT molecular complexity index is 1240. The van der Waals surface area contributed by atoms with Crippen LogP contribution in [0.15, 0.2) is 84.9 Å². The van der Waals surface area contributed by atoms with Crippen molar-refractivity contribution in [1.82, 2.24) is 30.0 Å². The minimum Gasteiger partial charge on any atom is -0.297 e. The summed E-state index contributed by atoms with van der Waals surface area (Å²) in [6.45, 7) is 9.12. The van der Waals surface area contributed by atoms with Gasteiger partial charge in [-0.3, -0.25) is 9.80 Å². The van der Waals surface area contributed by atoms with Crippen LogP contribution in [0.25, 0.3) is 11.8 Å². The number of hydrogen-bond acceptors (Lipinski definition) is 5. The van der Waals surface area contributed by atoms with Crippen molar-refractivity contribution in [3.05, 3.63) is 113 Å². The largest absolute Gasteiger partial charge is 0.297 e. The molecule has 4 aromatic rings. The zero-order valence-electron chi connectivity index (χ0n) is 20.5. The fourth-order valence-electron chi connectivity index (χ4n) is 4.93. The van der Waals surface area contributed by atoms with Crippen LogP contribution < -0.4 is 0 Å². The Kier molecular flexibility index (Phi) is 7.12. The highest BCUT2D eigenvalue weighted by molar-refractivity contribution is 5.49.